The summed E-state index contributed by atoms with van der Waals surface area (Å²) < 4.78 is 4.98. The van der Waals surface area contributed by atoms with E-state index < -0.39 is 0 Å². The monoisotopic (exact) mass is 155 g/mol. The van der Waals surface area contributed by atoms with Crippen molar-refractivity contribution >= 4 is 6.09 Å². The Morgan fingerprint density at radius 1 is 1.73 bits per heavy atom. The van der Waals surface area contributed by atoms with E-state index in [9.17, 15) is 4.79 Å². The minimum absolute atomic E-state index is 0.00227. The first-order valence-electron chi connectivity index (χ1n) is 3.75. The predicted molar refractivity (Wildman–Crippen MR) is 42.3 cm³/mol. The SMILES string of the molecule is C=CCN1C(=O)O[C@H](C)[C@H]1C. The van der Waals surface area contributed by atoms with Crippen LogP contribution in [0.1, 0.15) is 13.8 Å². The van der Waals surface area contributed by atoms with Crippen molar-refractivity contribution in [2.75, 3.05) is 6.54 Å². The van der Waals surface area contributed by atoms with E-state index in [1.807, 2.05) is 13.8 Å². The van der Waals surface area contributed by atoms with Crippen LogP contribution in [0.4, 0.5) is 4.79 Å². The topological polar surface area (TPSA) is 29.5 Å². The molecule has 2 atom stereocenters. The lowest BCUT2D eigenvalue weighted by atomic mass is 10.2. The minimum Gasteiger partial charge on any atom is -0.444 e. The van der Waals surface area contributed by atoms with Gasteiger partial charge < -0.3 is 4.74 Å². The molecule has 0 aromatic rings. The summed E-state index contributed by atoms with van der Waals surface area (Å²) in [4.78, 5) is 12.7. The van der Waals surface area contributed by atoms with Crippen molar-refractivity contribution in [1.82, 2.24) is 4.90 Å². The second kappa shape index (κ2) is 2.95. The molecule has 1 fully saturated rings. The van der Waals surface area contributed by atoms with Crippen molar-refractivity contribution < 1.29 is 9.53 Å². The molecule has 3 nitrogen and oxygen atoms in total. The third-order valence-electron chi connectivity index (χ3n) is 2.02. The first-order chi connectivity index (χ1) is 5.16. The fourth-order valence-electron chi connectivity index (χ4n) is 1.12. The zero-order chi connectivity index (χ0) is 8.43. The van der Waals surface area contributed by atoms with Crippen LogP contribution in [0, 0.1) is 0 Å². The van der Waals surface area contributed by atoms with Crippen molar-refractivity contribution in [2.45, 2.75) is 26.0 Å². The average molecular weight is 155 g/mol. The van der Waals surface area contributed by atoms with Crippen LogP contribution in [0.25, 0.3) is 0 Å². The summed E-state index contributed by atoms with van der Waals surface area (Å²) in [5.74, 6) is 0. The van der Waals surface area contributed by atoms with Crippen LogP contribution in [-0.4, -0.2) is 29.7 Å². The van der Waals surface area contributed by atoms with Crippen LogP contribution in [0.3, 0.4) is 0 Å². The van der Waals surface area contributed by atoms with Gasteiger partial charge in [0, 0.05) is 6.54 Å². The fourth-order valence-corrected chi connectivity index (χ4v) is 1.12. The highest BCUT2D eigenvalue weighted by Crippen LogP contribution is 2.17. The predicted octanol–water partition coefficient (Wildman–Crippen LogP) is 1.40. The fraction of sp³-hybridized carbons (Fsp3) is 0.625. The Labute approximate surface area is 66.6 Å². The highest BCUT2D eigenvalue weighted by molar-refractivity contribution is 5.70. The van der Waals surface area contributed by atoms with Gasteiger partial charge in [-0.25, -0.2) is 4.79 Å². The van der Waals surface area contributed by atoms with E-state index in [0.29, 0.717) is 6.54 Å². The van der Waals surface area contributed by atoms with Crippen LogP contribution in [0.15, 0.2) is 12.7 Å². The molecule has 0 aromatic heterocycles. The van der Waals surface area contributed by atoms with E-state index in [-0.39, 0.29) is 18.2 Å². The highest BCUT2D eigenvalue weighted by Gasteiger charge is 2.34. The van der Waals surface area contributed by atoms with Crippen molar-refractivity contribution in [3.05, 3.63) is 12.7 Å². The Kier molecular flexibility index (Phi) is 2.17. The summed E-state index contributed by atoms with van der Waals surface area (Å²) in [7, 11) is 0. The van der Waals surface area contributed by atoms with Gasteiger partial charge in [0.1, 0.15) is 6.10 Å². The Morgan fingerprint density at radius 3 is 2.73 bits per heavy atom. The summed E-state index contributed by atoms with van der Waals surface area (Å²) in [6.07, 6.45) is 1.47. The van der Waals surface area contributed by atoms with E-state index in [0.717, 1.165) is 0 Å². The first kappa shape index (κ1) is 8.11. The maximum Gasteiger partial charge on any atom is 0.410 e. The number of carbonyl (C=O) groups is 1. The second-order valence-electron chi connectivity index (χ2n) is 2.77. The van der Waals surface area contributed by atoms with E-state index in [1.54, 1.807) is 11.0 Å². The van der Waals surface area contributed by atoms with E-state index in [4.69, 9.17) is 4.74 Å². The number of hydrogen-bond acceptors (Lipinski definition) is 2. The van der Waals surface area contributed by atoms with Crippen LogP contribution < -0.4 is 0 Å². The molecule has 1 aliphatic rings. The molecule has 1 amide bonds. The molecule has 0 spiro atoms. The molecule has 11 heavy (non-hydrogen) atoms. The van der Waals surface area contributed by atoms with Crippen LogP contribution in [-0.2, 0) is 4.74 Å². The van der Waals surface area contributed by atoms with E-state index >= 15 is 0 Å². The quantitative estimate of drug-likeness (QED) is 0.564. The van der Waals surface area contributed by atoms with Gasteiger partial charge in [-0.2, -0.15) is 0 Å². The normalized spacial score (nSPS) is 30.4. The van der Waals surface area contributed by atoms with Gasteiger partial charge in [0.15, 0.2) is 0 Å². The summed E-state index contributed by atoms with van der Waals surface area (Å²) in [6, 6.07) is 0.167. The number of hydrogen-bond donors (Lipinski definition) is 0. The van der Waals surface area contributed by atoms with Crippen LogP contribution >= 0.6 is 0 Å². The average Bonchev–Trinajstić information content (AvgIpc) is 2.17. The molecule has 0 saturated carbocycles. The maximum absolute atomic E-state index is 11.0. The zero-order valence-corrected chi connectivity index (χ0v) is 6.91. The lowest BCUT2D eigenvalue weighted by molar-refractivity contribution is 0.138. The van der Waals surface area contributed by atoms with Gasteiger partial charge in [-0.1, -0.05) is 6.08 Å². The highest BCUT2D eigenvalue weighted by atomic mass is 16.6. The van der Waals surface area contributed by atoms with Gasteiger partial charge in [0.25, 0.3) is 0 Å². The Hall–Kier alpha value is -0.990. The molecule has 1 heterocycles. The molecule has 1 aliphatic heterocycles. The van der Waals surface area contributed by atoms with Gasteiger partial charge >= 0.3 is 6.09 Å². The Bertz CT molecular complexity index is 179. The lowest BCUT2D eigenvalue weighted by Crippen LogP contribution is -2.33. The molecular weight excluding hydrogens is 142 g/mol. The number of rotatable bonds is 2. The Balaban J connectivity index is 2.63. The number of ether oxygens (including phenoxy) is 1. The summed E-state index contributed by atoms with van der Waals surface area (Å²) in [5.41, 5.74) is 0. The standard InChI is InChI=1S/C8H13NO2/c1-4-5-9-6(2)7(3)11-8(9)10/h4,6-7H,1,5H2,2-3H3/t6-,7-/m1/s1. The largest absolute Gasteiger partial charge is 0.444 e. The summed E-state index contributed by atoms with van der Waals surface area (Å²) in [5, 5.41) is 0. The molecule has 1 saturated heterocycles. The van der Waals surface area contributed by atoms with Crippen molar-refractivity contribution in [3.63, 3.8) is 0 Å². The maximum atomic E-state index is 11.0. The van der Waals surface area contributed by atoms with Gasteiger partial charge in [0.2, 0.25) is 0 Å². The second-order valence-corrected chi connectivity index (χ2v) is 2.77. The molecule has 0 aliphatic carbocycles. The Morgan fingerprint density at radius 2 is 2.36 bits per heavy atom. The van der Waals surface area contributed by atoms with Gasteiger partial charge in [-0.05, 0) is 13.8 Å². The molecule has 62 valence electrons. The minimum atomic E-state index is -0.232. The zero-order valence-electron chi connectivity index (χ0n) is 6.91. The van der Waals surface area contributed by atoms with Gasteiger partial charge in [0.05, 0.1) is 6.04 Å². The van der Waals surface area contributed by atoms with E-state index in [1.165, 1.54) is 0 Å². The molecule has 1 rings (SSSR count). The summed E-state index contributed by atoms with van der Waals surface area (Å²) >= 11 is 0. The molecule has 0 bridgehead atoms. The number of carbonyl (C=O) groups excluding carboxylic acids is 1. The molecule has 0 aromatic carbocycles. The third kappa shape index (κ3) is 1.37. The number of amides is 1. The van der Waals surface area contributed by atoms with Crippen LogP contribution in [0.5, 0.6) is 0 Å². The van der Waals surface area contributed by atoms with Crippen molar-refractivity contribution in [1.29, 1.82) is 0 Å². The van der Waals surface area contributed by atoms with Crippen molar-refractivity contribution in [3.8, 4) is 0 Å². The lowest BCUT2D eigenvalue weighted by Gasteiger charge is -2.16. The van der Waals surface area contributed by atoms with Gasteiger partial charge in [-0.3, -0.25) is 4.90 Å². The molecule has 0 unspecified atom stereocenters. The summed E-state index contributed by atoms with van der Waals surface area (Å²) in [6.45, 7) is 8.01. The molecule has 3 heteroatoms. The van der Waals surface area contributed by atoms with Gasteiger partial charge in [-0.15, -0.1) is 6.58 Å². The van der Waals surface area contributed by atoms with E-state index in [2.05, 4.69) is 6.58 Å². The molecule has 0 radical (unpaired) electrons. The number of cyclic esters (lactones) is 1. The van der Waals surface area contributed by atoms with Crippen LogP contribution in [0.2, 0.25) is 0 Å². The third-order valence-corrected chi connectivity index (χ3v) is 2.02. The first-order valence-corrected chi connectivity index (χ1v) is 3.75. The van der Waals surface area contributed by atoms with Crippen molar-refractivity contribution in [2.24, 2.45) is 0 Å². The number of nitrogens with zero attached hydrogens (tertiary/aromatic N) is 1. The molecule has 0 N–H and O–H groups in total. The molecular formula is C8H13NO2. The smallest absolute Gasteiger partial charge is 0.410 e.